The fourth-order valence-corrected chi connectivity index (χ4v) is 3.46. The fraction of sp³-hybridized carbons (Fsp3) is 0.667. The van der Waals surface area contributed by atoms with Crippen LogP contribution in [-0.2, 0) is 0 Å². The van der Waals surface area contributed by atoms with E-state index in [1.165, 1.54) is 32.1 Å². The van der Waals surface area contributed by atoms with E-state index >= 15 is 0 Å². The minimum Gasteiger partial charge on any atom is -0.357 e. The number of hydrogen-bond acceptors (Lipinski definition) is 4. The summed E-state index contributed by atoms with van der Waals surface area (Å²) in [5, 5.41) is 6.37. The second-order valence-corrected chi connectivity index (χ2v) is 6.71. The summed E-state index contributed by atoms with van der Waals surface area (Å²) >= 11 is 0. The number of nitrogens with zero attached hydrogens (tertiary/aromatic N) is 2. The zero-order valence-electron chi connectivity index (χ0n) is 14.7. The first kappa shape index (κ1) is 22.0. The van der Waals surface area contributed by atoms with Crippen molar-refractivity contribution in [3.63, 3.8) is 0 Å². The van der Waals surface area contributed by atoms with Crippen molar-refractivity contribution >= 4 is 36.5 Å². The normalized spacial score (nSPS) is 20.2. The van der Waals surface area contributed by atoms with Crippen LogP contribution in [0.25, 0.3) is 0 Å². The summed E-state index contributed by atoms with van der Waals surface area (Å²) in [6.07, 6.45) is 9.09. The molecule has 7 heteroatoms. The van der Waals surface area contributed by atoms with Crippen molar-refractivity contribution in [2.75, 3.05) is 37.6 Å². The number of carbonyl (C=O) groups excluding carboxylic acids is 1. The van der Waals surface area contributed by atoms with Crippen LogP contribution in [0.15, 0.2) is 18.3 Å². The lowest BCUT2D eigenvalue weighted by atomic mass is 10.1. The first-order chi connectivity index (χ1) is 11.3. The molecule has 2 fully saturated rings. The van der Waals surface area contributed by atoms with Crippen LogP contribution in [-0.4, -0.2) is 43.6 Å². The van der Waals surface area contributed by atoms with E-state index in [2.05, 4.69) is 20.5 Å². The lowest BCUT2D eigenvalue weighted by Crippen LogP contribution is -2.27. The van der Waals surface area contributed by atoms with Gasteiger partial charge in [0.1, 0.15) is 5.82 Å². The maximum Gasteiger partial charge on any atom is 0.252 e. The van der Waals surface area contributed by atoms with Crippen molar-refractivity contribution in [1.82, 2.24) is 15.6 Å². The Morgan fingerprint density at radius 3 is 2.56 bits per heavy atom. The van der Waals surface area contributed by atoms with Gasteiger partial charge >= 0.3 is 0 Å². The zero-order valence-corrected chi connectivity index (χ0v) is 16.3. The van der Waals surface area contributed by atoms with Crippen LogP contribution >= 0.6 is 24.8 Å². The molecule has 2 saturated heterocycles. The van der Waals surface area contributed by atoms with Crippen molar-refractivity contribution < 1.29 is 4.79 Å². The molecule has 1 amide bonds. The Morgan fingerprint density at radius 1 is 1.20 bits per heavy atom. The molecule has 3 heterocycles. The van der Waals surface area contributed by atoms with Gasteiger partial charge in [0.05, 0.1) is 5.56 Å². The van der Waals surface area contributed by atoms with Crippen LogP contribution in [0.2, 0.25) is 0 Å². The maximum absolute atomic E-state index is 12.2. The third kappa shape index (κ3) is 6.65. The van der Waals surface area contributed by atoms with E-state index in [0.717, 1.165) is 45.0 Å². The lowest BCUT2D eigenvalue weighted by Gasteiger charge is -2.21. The Kier molecular flexibility index (Phi) is 10.2. The predicted molar refractivity (Wildman–Crippen MR) is 107 cm³/mol. The first-order valence-electron chi connectivity index (χ1n) is 9.03. The Morgan fingerprint density at radius 2 is 1.96 bits per heavy atom. The van der Waals surface area contributed by atoms with Crippen molar-refractivity contribution in [3.8, 4) is 0 Å². The lowest BCUT2D eigenvalue weighted by molar-refractivity contribution is 0.0951. The Labute approximate surface area is 163 Å². The van der Waals surface area contributed by atoms with Crippen LogP contribution in [0.1, 0.15) is 48.9 Å². The van der Waals surface area contributed by atoms with Crippen LogP contribution in [0.3, 0.4) is 0 Å². The van der Waals surface area contributed by atoms with Crippen molar-refractivity contribution in [2.24, 2.45) is 5.92 Å². The Hall–Kier alpha value is -1.04. The minimum absolute atomic E-state index is 0. The molecule has 2 aliphatic rings. The molecule has 0 spiro atoms. The monoisotopic (exact) mass is 388 g/mol. The zero-order chi connectivity index (χ0) is 15.9. The number of aromatic nitrogens is 1. The first-order valence-corrected chi connectivity index (χ1v) is 9.03. The van der Waals surface area contributed by atoms with Gasteiger partial charge in [-0.15, -0.1) is 24.8 Å². The molecule has 3 rings (SSSR count). The van der Waals surface area contributed by atoms with Gasteiger partial charge < -0.3 is 15.5 Å². The number of halogens is 2. The number of pyridine rings is 1. The third-order valence-corrected chi connectivity index (χ3v) is 4.94. The van der Waals surface area contributed by atoms with Crippen LogP contribution < -0.4 is 15.5 Å². The molecule has 1 atom stereocenters. The Bertz CT molecular complexity index is 498. The van der Waals surface area contributed by atoms with Gasteiger partial charge in [-0.1, -0.05) is 12.8 Å². The molecular weight excluding hydrogens is 359 g/mol. The van der Waals surface area contributed by atoms with Gasteiger partial charge in [-0.25, -0.2) is 4.98 Å². The van der Waals surface area contributed by atoms with Crippen LogP contribution in [0, 0.1) is 5.92 Å². The summed E-state index contributed by atoms with van der Waals surface area (Å²) in [5.41, 5.74) is 0.660. The molecule has 0 radical (unpaired) electrons. The highest BCUT2D eigenvalue weighted by Crippen LogP contribution is 2.17. The number of amides is 1. The molecule has 0 aromatic carbocycles. The summed E-state index contributed by atoms with van der Waals surface area (Å²) in [5.74, 6) is 1.70. The highest BCUT2D eigenvalue weighted by Gasteiger charge is 2.15. The second-order valence-electron chi connectivity index (χ2n) is 6.71. The SMILES string of the molecule is Cl.Cl.O=C(NCCC1CCNC1)c1ccc(N2CCCCCC2)nc1. The van der Waals surface area contributed by atoms with Crippen LogP contribution in [0.5, 0.6) is 0 Å². The second kappa shape index (κ2) is 11.6. The molecule has 1 aromatic rings. The topological polar surface area (TPSA) is 57.3 Å². The minimum atomic E-state index is -0.00845. The predicted octanol–water partition coefficient (Wildman–Crippen LogP) is 3.04. The number of rotatable bonds is 5. The van der Waals surface area contributed by atoms with Gasteiger partial charge in [0.2, 0.25) is 0 Å². The van der Waals surface area contributed by atoms with Gasteiger partial charge in [-0.2, -0.15) is 0 Å². The summed E-state index contributed by atoms with van der Waals surface area (Å²) in [4.78, 5) is 19.0. The molecule has 142 valence electrons. The molecular formula is C18H30Cl2N4O. The number of anilines is 1. The van der Waals surface area contributed by atoms with E-state index in [1.807, 2.05) is 12.1 Å². The highest BCUT2D eigenvalue weighted by molar-refractivity contribution is 5.94. The molecule has 2 N–H and O–H groups in total. The average Bonchev–Trinajstić information content (AvgIpc) is 2.95. The van der Waals surface area contributed by atoms with Crippen molar-refractivity contribution in [1.29, 1.82) is 0 Å². The van der Waals surface area contributed by atoms with E-state index in [9.17, 15) is 4.79 Å². The number of hydrogen-bond donors (Lipinski definition) is 2. The molecule has 0 saturated carbocycles. The maximum atomic E-state index is 12.2. The van der Waals surface area contributed by atoms with Crippen molar-refractivity contribution in [3.05, 3.63) is 23.9 Å². The van der Waals surface area contributed by atoms with E-state index < -0.39 is 0 Å². The molecule has 25 heavy (non-hydrogen) atoms. The van der Waals surface area contributed by atoms with Gasteiger partial charge in [-0.05, 0) is 56.8 Å². The summed E-state index contributed by atoms with van der Waals surface area (Å²) < 4.78 is 0. The molecule has 0 bridgehead atoms. The smallest absolute Gasteiger partial charge is 0.252 e. The summed E-state index contributed by atoms with van der Waals surface area (Å²) in [6.45, 7) is 5.10. The largest absolute Gasteiger partial charge is 0.357 e. The van der Waals surface area contributed by atoms with Crippen molar-refractivity contribution in [2.45, 2.75) is 38.5 Å². The molecule has 1 unspecified atom stereocenters. The van der Waals surface area contributed by atoms with Gasteiger partial charge in [0, 0.05) is 25.8 Å². The van der Waals surface area contributed by atoms with Gasteiger partial charge in [0.15, 0.2) is 0 Å². The van der Waals surface area contributed by atoms with Gasteiger partial charge in [0.25, 0.3) is 5.91 Å². The molecule has 5 nitrogen and oxygen atoms in total. The van der Waals surface area contributed by atoms with E-state index in [-0.39, 0.29) is 30.7 Å². The summed E-state index contributed by atoms with van der Waals surface area (Å²) in [7, 11) is 0. The number of carbonyl (C=O) groups is 1. The van der Waals surface area contributed by atoms with E-state index in [0.29, 0.717) is 11.5 Å². The Balaban J connectivity index is 0.00000156. The molecule has 0 aliphatic carbocycles. The molecule has 1 aromatic heterocycles. The summed E-state index contributed by atoms with van der Waals surface area (Å²) in [6, 6.07) is 3.89. The highest BCUT2D eigenvalue weighted by atomic mass is 35.5. The van der Waals surface area contributed by atoms with E-state index in [4.69, 9.17) is 0 Å². The standard InChI is InChI=1S/C18H28N4O.2ClH/c23-18(20-10-8-15-7-9-19-13-15)16-5-6-17(21-14-16)22-11-3-1-2-4-12-22;;/h5-6,14-15,19H,1-4,7-13H2,(H,20,23);2*1H. The third-order valence-electron chi connectivity index (χ3n) is 4.94. The fourth-order valence-electron chi connectivity index (χ4n) is 3.46. The van der Waals surface area contributed by atoms with E-state index in [1.54, 1.807) is 6.20 Å². The average molecular weight is 389 g/mol. The van der Waals surface area contributed by atoms with Crippen LogP contribution in [0.4, 0.5) is 5.82 Å². The molecule has 2 aliphatic heterocycles. The number of nitrogens with one attached hydrogen (secondary N) is 2. The van der Waals surface area contributed by atoms with Gasteiger partial charge in [-0.3, -0.25) is 4.79 Å². The quantitative estimate of drug-likeness (QED) is 0.813.